The van der Waals surface area contributed by atoms with Crippen molar-refractivity contribution in [3.05, 3.63) is 34.9 Å². The molecular formula is C13H12N6O4. The first-order valence-electron chi connectivity index (χ1n) is 6.56. The van der Waals surface area contributed by atoms with Gasteiger partial charge in [-0.05, 0) is 18.2 Å². The lowest BCUT2D eigenvalue weighted by Crippen LogP contribution is -2.26. The topological polar surface area (TPSA) is 138 Å². The second-order valence-electron chi connectivity index (χ2n) is 4.81. The van der Waals surface area contributed by atoms with E-state index in [1.54, 1.807) is 6.07 Å². The first-order chi connectivity index (χ1) is 10.9. The lowest BCUT2D eigenvalue weighted by Gasteiger charge is -2.01. The van der Waals surface area contributed by atoms with Crippen LogP contribution < -0.4 is 16.8 Å². The van der Waals surface area contributed by atoms with Crippen molar-refractivity contribution >= 4 is 34.4 Å². The fourth-order valence-corrected chi connectivity index (χ4v) is 2.09. The van der Waals surface area contributed by atoms with Crippen LogP contribution in [-0.2, 0) is 11.3 Å². The molecule has 23 heavy (non-hydrogen) atoms. The maximum atomic E-state index is 12.3. The van der Waals surface area contributed by atoms with E-state index >= 15 is 0 Å². The number of carbonyl (C=O) groups is 2. The zero-order valence-electron chi connectivity index (χ0n) is 12.0. The number of oxazole rings is 1. The average molecular weight is 316 g/mol. The molecule has 0 saturated heterocycles. The lowest BCUT2D eigenvalue weighted by molar-refractivity contribution is -0.114. The Hall–Kier alpha value is -3.43. The highest BCUT2D eigenvalue weighted by atomic mass is 16.4. The summed E-state index contributed by atoms with van der Waals surface area (Å²) in [4.78, 5) is 35.1. The van der Waals surface area contributed by atoms with Gasteiger partial charge >= 0.3 is 5.76 Å². The largest absolute Gasteiger partial charge is 0.426 e. The summed E-state index contributed by atoms with van der Waals surface area (Å²) in [5, 5.41) is 9.83. The normalized spacial score (nSPS) is 10.8. The van der Waals surface area contributed by atoms with Crippen molar-refractivity contribution in [2.75, 3.05) is 11.1 Å². The quantitative estimate of drug-likeness (QED) is 0.652. The molecule has 3 aromatic rings. The molecule has 10 heteroatoms. The highest BCUT2D eigenvalue weighted by Crippen LogP contribution is 2.16. The van der Waals surface area contributed by atoms with Gasteiger partial charge in [-0.25, -0.2) is 14.0 Å². The van der Waals surface area contributed by atoms with Gasteiger partial charge in [0.25, 0.3) is 5.91 Å². The van der Waals surface area contributed by atoms with Crippen molar-refractivity contribution in [3.63, 3.8) is 0 Å². The number of carbonyl (C=O) groups excluding carboxylic acids is 2. The van der Waals surface area contributed by atoms with Gasteiger partial charge in [-0.2, -0.15) is 0 Å². The van der Waals surface area contributed by atoms with Gasteiger partial charge in [-0.1, -0.05) is 5.21 Å². The van der Waals surface area contributed by atoms with E-state index in [1.807, 2.05) is 0 Å². The van der Waals surface area contributed by atoms with Crippen molar-refractivity contribution < 1.29 is 14.0 Å². The van der Waals surface area contributed by atoms with E-state index < -0.39 is 11.7 Å². The second-order valence-corrected chi connectivity index (χ2v) is 4.81. The molecule has 0 fully saturated rings. The number of aromatic nitrogens is 4. The Kier molecular flexibility index (Phi) is 3.41. The van der Waals surface area contributed by atoms with E-state index in [9.17, 15) is 14.4 Å². The Morgan fingerprint density at radius 2 is 2.17 bits per heavy atom. The number of fused-ring (bicyclic) bond motifs is 1. The molecule has 10 nitrogen and oxygen atoms in total. The zero-order valence-corrected chi connectivity index (χ0v) is 12.0. The van der Waals surface area contributed by atoms with Crippen molar-refractivity contribution in [1.82, 2.24) is 19.6 Å². The van der Waals surface area contributed by atoms with Gasteiger partial charge in [-0.15, -0.1) is 5.10 Å². The molecule has 0 saturated carbocycles. The maximum Gasteiger partial charge on any atom is 0.426 e. The van der Waals surface area contributed by atoms with E-state index in [-0.39, 0.29) is 29.4 Å². The van der Waals surface area contributed by atoms with E-state index in [4.69, 9.17) is 10.2 Å². The fourth-order valence-electron chi connectivity index (χ4n) is 2.09. The minimum atomic E-state index is -0.808. The fraction of sp³-hybridized carbons (Fsp3) is 0.154. The van der Waals surface area contributed by atoms with Crippen molar-refractivity contribution in [2.24, 2.45) is 0 Å². The summed E-state index contributed by atoms with van der Waals surface area (Å²) >= 11 is 0. The maximum absolute atomic E-state index is 12.3. The molecule has 0 atom stereocenters. The molecule has 0 bridgehead atoms. The van der Waals surface area contributed by atoms with Crippen molar-refractivity contribution in [1.29, 1.82) is 0 Å². The third-order valence-electron chi connectivity index (χ3n) is 2.99. The number of nitrogens with zero attached hydrogens (tertiary/aromatic N) is 4. The van der Waals surface area contributed by atoms with Gasteiger partial charge in [0.1, 0.15) is 12.1 Å². The molecule has 0 aliphatic carbocycles. The van der Waals surface area contributed by atoms with E-state index in [0.717, 1.165) is 4.57 Å². The van der Waals surface area contributed by atoms with Gasteiger partial charge < -0.3 is 15.5 Å². The Morgan fingerprint density at radius 1 is 1.39 bits per heavy atom. The molecule has 0 radical (unpaired) electrons. The van der Waals surface area contributed by atoms with Crippen LogP contribution >= 0.6 is 0 Å². The third kappa shape index (κ3) is 2.81. The molecule has 1 aromatic carbocycles. The molecule has 3 N–H and O–H groups in total. The molecule has 0 unspecified atom stereocenters. The summed E-state index contributed by atoms with van der Waals surface area (Å²) in [5.41, 5.74) is 6.60. The van der Waals surface area contributed by atoms with Crippen LogP contribution in [0.2, 0.25) is 0 Å². The van der Waals surface area contributed by atoms with Gasteiger partial charge in [0.15, 0.2) is 11.4 Å². The summed E-state index contributed by atoms with van der Waals surface area (Å²) in [6, 6.07) is 4.56. The van der Waals surface area contributed by atoms with Crippen LogP contribution in [0, 0.1) is 0 Å². The highest BCUT2D eigenvalue weighted by molar-refractivity contribution is 5.90. The van der Waals surface area contributed by atoms with Gasteiger partial charge in [0, 0.05) is 12.6 Å². The number of hydrogen-bond acceptors (Lipinski definition) is 7. The van der Waals surface area contributed by atoms with Crippen LogP contribution in [0.15, 0.2) is 33.6 Å². The molecular weight excluding hydrogens is 304 g/mol. The number of rotatable bonds is 3. The summed E-state index contributed by atoms with van der Waals surface area (Å²) in [7, 11) is 0. The number of nitrogen functional groups attached to an aromatic ring is 1. The molecule has 2 heterocycles. The summed E-state index contributed by atoms with van der Waals surface area (Å²) in [6.45, 7) is 1.07. The molecule has 1 amide bonds. The highest BCUT2D eigenvalue weighted by Gasteiger charge is 2.17. The van der Waals surface area contributed by atoms with Crippen LogP contribution in [0.5, 0.6) is 0 Å². The summed E-state index contributed by atoms with van der Waals surface area (Å²) < 4.78 is 7.08. The Bertz CT molecular complexity index is 966. The average Bonchev–Trinajstić information content (AvgIpc) is 3.01. The predicted molar refractivity (Wildman–Crippen MR) is 79.8 cm³/mol. The number of anilines is 2. The molecule has 2 aromatic heterocycles. The summed E-state index contributed by atoms with van der Waals surface area (Å²) in [5.74, 6) is -1.48. The molecule has 3 rings (SSSR count). The van der Waals surface area contributed by atoms with Crippen LogP contribution in [0.1, 0.15) is 11.7 Å². The monoisotopic (exact) mass is 316 g/mol. The number of nitrogens with two attached hydrogens (primary N) is 1. The second kappa shape index (κ2) is 5.40. The van der Waals surface area contributed by atoms with Gasteiger partial charge in [-0.3, -0.25) is 9.59 Å². The standard InChI is InChI=1S/C13H12N6O4/c1-7(20)15-11-5-18(17-16-11)6-12(21)19-9-4-8(14)2-3-10(9)23-13(19)22/h2-5H,6,14H2,1H3,(H,15,20). The number of nitrogens with one attached hydrogen (secondary N) is 1. The summed E-state index contributed by atoms with van der Waals surface area (Å²) in [6.07, 6.45) is 1.38. The van der Waals surface area contributed by atoms with Gasteiger partial charge in [0.2, 0.25) is 5.91 Å². The molecule has 118 valence electrons. The molecule has 0 aliphatic rings. The van der Waals surface area contributed by atoms with Gasteiger partial charge in [0.05, 0.1) is 6.20 Å². The minimum absolute atomic E-state index is 0.207. The number of benzene rings is 1. The molecule has 0 spiro atoms. The smallest absolute Gasteiger partial charge is 0.407 e. The van der Waals surface area contributed by atoms with Crippen LogP contribution in [0.4, 0.5) is 11.5 Å². The third-order valence-corrected chi connectivity index (χ3v) is 2.99. The Balaban J connectivity index is 1.90. The van der Waals surface area contributed by atoms with Crippen LogP contribution in [0.3, 0.4) is 0 Å². The first-order valence-corrected chi connectivity index (χ1v) is 6.56. The molecule has 0 aliphatic heterocycles. The van der Waals surface area contributed by atoms with E-state index in [0.29, 0.717) is 5.69 Å². The van der Waals surface area contributed by atoms with Crippen LogP contribution in [-0.4, -0.2) is 31.4 Å². The number of amides is 1. The number of hydrogen-bond donors (Lipinski definition) is 2. The van der Waals surface area contributed by atoms with E-state index in [1.165, 1.54) is 29.9 Å². The zero-order chi connectivity index (χ0) is 16.6. The SMILES string of the molecule is CC(=O)Nc1cn(CC(=O)n2c(=O)oc3ccc(N)cc32)nn1. The van der Waals surface area contributed by atoms with E-state index in [2.05, 4.69) is 15.6 Å². The lowest BCUT2D eigenvalue weighted by atomic mass is 10.3. The Labute approximate surface area is 128 Å². The first kappa shape index (κ1) is 14.5. The minimum Gasteiger partial charge on any atom is -0.407 e. The van der Waals surface area contributed by atoms with Crippen molar-refractivity contribution in [3.8, 4) is 0 Å². The van der Waals surface area contributed by atoms with Crippen LogP contribution in [0.25, 0.3) is 11.1 Å². The van der Waals surface area contributed by atoms with Crippen molar-refractivity contribution in [2.45, 2.75) is 13.5 Å². The predicted octanol–water partition coefficient (Wildman–Crippen LogP) is 0.0670. The Morgan fingerprint density at radius 3 is 2.91 bits per heavy atom.